The fourth-order valence-electron chi connectivity index (χ4n) is 4.70. The average Bonchev–Trinajstić information content (AvgIpc) is 3.37. The minimum atomic E-state index is -0.158. The van der Waals surface area contributed by atoms with Crippen LogP contribution in [0.5, 0.6) is 28.7 Å². The number of alkyl halides is 1. The Hall–Kier alpha value is -2.31. The molecular weight excluding hydrogens is 384 g/mol. The van der Waals surface area contributed by atoms with Crippen LogP contribution >= 0.6 is 11.6 Å². The van der Waals surface area contributed by atoms with E-state index >= 15 is 0 Å². The fraction of sp³-hybridized carbons (Fsp3) is 0.429. The number of rotatable bonds is 3. The summed E-state index contributed by atoms with van der Waals surface area (Å²) in [5, 5.41) is 10.2. The van der Waals surface area contributed by atoms with Gasteiger partial charge in [0.2, 0.25) is 12.5 Å². The lowest BCUT2D eigenvalue weighted by molar-refractivity contribution is 0.173. The highest BCUT2D eigenvalue weighted by atomic mass is 35.5. The van der Waals surface area contributed by atoms with Gasteiger partial charge in [-0.3, -0.25) is 0 Å². The molecule has 1 N–H and O–H groups in total. The lowest BCUT2D eigenvalue weighted by Gasteiger charge is -2.38. The van der Waals surface area contributed by atoms with E-state index in [9.17, 15) is 5.11 Å². The summed E-state index contributed by atoms with van der Waals surface area (Å²) in [6.07, 6.45) is 0. The molecule has 1 saturated heterocycles. The van der Waals surface area contributed by atoms with Crippen molar-refractivity contribution in [3.05, 3.63) is 41.0 Å². The maximum Gasteiger partial charge on any atom is 0.231 e. The number of fused-ring (bicyclic) bond motifs is 3. The van der Waals surface area contributed by atoms with Crippen molar-refractivity contribution in [2.75, 3.05) is 34.2 Å². The Kier molecular flexibility index (Phi) is 4.21. The number of hydrogen-bond donors (Lipinski definition) is 1. The predicted molar refractivity (Wildman–Crippen MR) is 102 cm³/mol. The first-order valence-corrected chi connectivity index (χ1v) is 9.66. The number of phenols is 1. The zero-order valence-corrected chi connectivity index (χ0v) is 16.4. The van der Waals surface area contributed by atoms with Crippen LogP contribution in [0.1, 0.15) is 28.0 Å². The summed E-state index contributed by atoms with van der Waals surface area (Å²) >= 11 is 6.88. The maximum atomic E-state index is 10.3. The summed E-state index contributed by atoms with van der Waals surface area (Å²) in [6.45, 7) is 1.46. The number of phenolic OH excluding ortho intramolecular Hbond substituents is 1. The topological polar surface area (TPSA) is 66.4 Å². The molecule has 5 rings (SSSR count). The van der Waals surface area contributed by atoms with E-state index in [0.717, 1.165) is 28.2 Å². The van der Waals surface area contributed by atoms with Gasteiger partial charge in [0.1, 0.15) is 0 Å². The number of benzene rings is 2. The SMILES string of the molecule is COc1cc([C@@H]2c3cc4c(cc3[C@@H](Cl)[C@H]3COC[C@H]23)OCO4)cc(OC)c1O. The Morgan fingerprint density at radius 3 is 2.18 bits per heavy atom. The standard InChI is InChI=1S/C21H21ClO6/c1-24-17-3-10(4-18(25-2)21(17)23)19-11-5-15-16(28-9-27-15)6-12(11)20(22)14-8-26-7-13(14)19/h3-6,13-14,19-20,23H,7-9H2,1-2H3/t13-,14-,19+,20+/m0/s1. The zero-order chi connectivity index (χ0) is 19.4. The summed E-state index contributed by atoms with van der Waals surface area (Å²) in [5.41, 5.74) is 3.11. The van der Waals surface area contributed by atoms with Crippen LogP contribution in [0.25, 0.3) is 0 Å². The van der Waals surface area contributed by atoms with Crippen molar-refractivity contribution < 1.29 is 28.8 Å². The van der Waals surface area contributed by atoms with Gasteiger partial charge in [0, 0.05) is 11.8 Å². The second-order valence-corrected chi connectivity index (χ2v) is 7.82. The minimum Gasteiger partial charge on any atom is -0.502 e. The third-order valence-corrected chi connectivity index (χ3v) is 6.61. The lowest BCUT2D eigenvalue weighted by atomic mass is 9.67. The molecule has 0 bridgehead atoms. The first kappa shape index (κ1) is 17.8. The van der Waals surface area contributed by atoms with Crippen LogP contribution in [-0.4, -0.2) is 39.3 Å². The molecule has 2 aliphatic heterocycles. The van der Waals surface area contributed by atoms with Gasteiger partial charge < -0.3 is 28.8 Å². The third kappa shape index (κ3) is 2.51. The molecular formula is C21H21ClO6. The molecule has 148 valence electrons. The number of ether oxygens (including phenoxy) is 5. The van der Waals surface area contributed by atoms with Gasteiger partial charge in [-0.05, 0) is 46.9 Å². The number of aromatic hydroxyl groups is 1. The molecule has 1 fully saturated rings. The molecule has 0 spiro atoms. The summed E-state index contributed by atoms with van der Waals surface area (Å²) < 4.78 is 27.8. The number of hydrogen-bond acceptors (Lipinski definition) is 6. The van der Waals surface area contributed by atoms with Crippen molar-refractivity contribution in [1.29, 1.82) is 0 Å². The normalized spacial score (nSPS) is 27.2. The van der Waals surface area contributed by atoms with Gasteiger partial charge in [0.25, 0.3) is 0 Å². The second-order valence-electron chi connectivity index (χ2n) is 7.35. The van der Waals surface area contributed by atoms with E-state index in [2.05, 4.69) is 0 Å². The summed E-state index contributed by atoms with van der Waals surface area (Å²) in [7, 11) is 3.06. The molecule has 7 heteroatoms. The summed E-state index contributed by atoms with van der Waals surface area (Å²) in [5.74, 6) is 2.59. The predicted octanol–water partition coefficient (Wildman–Crippen LogP) is 3.83. The van der Waals surface area contributed by atoms with Gasteiger partial charge in [-0.15, -0.1) is 11.6 Å². The van der Waals surface area contributed by atoms with Crippen LogP contribution in [-0.2, 0) is 4.74 Å². The number of halogens is 1. The monoisotopic (exact) mass is 404 g/mol. The Morgan fingerprint density at radius 2 is 1.54 bits per heavy atom. The molecule has 3 aliphatic rings. The summed E-state index contributed by atoms with van der Waals surface area (Å²) in [6, 6.07) is 7.74. The zero-order valence-electron chi connectivity index (χ0n) is 15.6. The van der Waals surface area contributed by atoms with E-state index in [-0.39, 0.29) is 35.7 Å². The third-order valence-electron chi connectivity index (χ3n) is 6.05. The molecule has 0 unspecified atom stereocenters. The highest BCUT2D eigenvalue weighted by Crippen LogP contribution is 2.56. The smallest absolute Gasteiger partial charge is 0.231 e. The van der Waals surface area contributed by atoms with Crippen LogP contribution in [0.15, 0.2) is 24.3 Å². The van der Waals surface area contributed by atoms with E-state index in [0.29, 0.717) is 24.7 Å². The molecule has 4 atom stereocenters. The van der Waals surface area contributed by atoms with Gasteiger partial charge in [0.15, 0.2) is 23.0 Å². The Labute approximate surface area is 167 Å². The van der Waals surface area contributed by atoms with Gasteiger partial charge in [-0.1, -0.05) is 0 Å². The van der Waals surface area contributed by atoms with Crippen molar-refractivity contribution in [3.8, 4) is 28.7 Å². The second kappa shape index (κ2) is 6.64. The van der Waals surface area contributed by atoms with Crippen molar-refractivity contribution in [1.82, 2.24) is 0 Å². The van der Waals surface area contributed by atoms with Crippen molar-refractivity contribution in [3.63, 3.8) is 0 Å². The first-order valence-electron chi connectivity index (χ1n) is 9.22. The van der Waals surface area contributed by atoms with E-state index in [1.54, 1.807) is 0 Å². The quantitative estimate of drug-likeness (QED) is 0.784. The minimum absolute atomic E-state index is 0.00934. The van der Waals surface area contributed by atoms with Crippen LogP contribution in [0, 0.1) is 11.8 Å². The Bertz CT molecular complexity index is 904. The van der Waals surface area contributed by atoms with Crippen LogP contribution in [0.3, 0.4) is 0 Å². The van der Waals surface area contributed by atoms with E-state index in [1.165, 1.54) is 14.2 Å². The van der Waals surface area contributed by atoms with E-state index in [1.807, 2.05) is 24.3 Å². The maximum absolute atomic E-state index is 10.3. The largest absolute Gasteiger partial charge is 0.502 e. The first-order chi connectivity index (χ1) is 13.6. The average molecular weight is 405 g/mol. The lowest BCUT2D eigenvalue weighted by Crippen LogP contribution is -2.31. The molecule has 1 aliphatic carbocycles. The summed E-state index contributed by atoms with van der Waals surface area (Å²) in [4.78, 5) is 0. The van der Waals surface area contributed by atoms with E-state index in [4.69, 9.17) is 35.3 Å². The van der Waals surface area contributed by atoms with Crippen LogP contribution in [0.4, 0.5) is 0 Å². The Balaban J connectivity index is 1.72. The fourth-order valence-corrected chi connectivity index (χ4v) is 5.14. The molecule has 2 heterocycles. The van der Waals surface area contributed by atoms with Gasteiger partial charge in [0.05, 0.1) is 32.8 Å². The molecule has 0 aromatic heterocycles. The molecule has 2 aromatic carbocycles. The van der Waals surface area contributed by atoms with Gasteiger partial charge in [-0.25, -0.2) is 0 Å². The van der Waals surface area contributed by atoms with Crippen molar-refractivity contribution in [2.24, 2.45) is 11.8 Å². The molecule has 2 aromatic rings. The highest BCUT2D eigenvalue weighted by molar-refractivity contribution is 6.21. The molecule has 0 saturated carbocycles. The Morgan fingerprint density at radius 1 is 0.929 bits per heavy atom. The molecule has 28 heavy (non-hydrogen) atoms. The molecule has 6 nitrogen and oxygen atoms in total. The van der Waals surface area contributed by atoms with E-state index < -0.39 is 0 Å². The van der Waals surface area contributed by atoms with Gasteiger partial charge in [-0.2, -0.15) is 0 Å². The molecule has 0 amide bonds. The van der Waals surface area contributed by atoms with Crippen LogP contribution < -0.4 is 18.9 Å². The van der Waals surface area contributed by atoms with Crippen molar-refractivity contribution in [2.45, 2.75) is 11.3 Å². The van der Waals surface area contributed by atoms with Gasteiger partial charge >= 0.3 is 0 Å². The van der Waals surface area contributed by atoms with Crippen LogP contribution in [0.2, 0.25) is 0 Å². The van der Waals surface area contributed by atoms with Crippen molar-refractivity contribution >= 4 is 11.6 Å². The number of methoxy groups -OCH3 is 2. The molecule has 0 radical (unpaired) electrons. The highest BCUT2D eigenvalue weighted by Gasteiger charge is 2.47.